The summed E-state index contributed by atoms with van der Waals surface area (Å²) in [5.74, 6) is -1.22. The summed E-state index contributed by atoms with van der Waals surface area (Å²) in [6.07, 6.45) is 7.67. The Morgan fingerprint density at radius 2 is 1.72 bits per heavy atom. The Balaban J connectivity index is 1.93. The van der Waals surface area contributed by atoms with E-state index >= 15 is 0 Å². The van der Waals surface area contributed by atoms with Crippen LogP contribution in [0.4, 0.5) is 0 Å². The highest BCUT2D eigenvalue weighted by molar-refractivity contribution is 6.02. The van der Waals surface area contributed by atoms with Gasteiger partial charge in [-0.05, 0) is 37.5 Å². The average molecular weight is 253 g/mol. The molecule has 0 unspecified atom stereocenters. The van der Waals surface area contributed by atoms with E-state index in [4.69, 9.17) is 0 Å². The van der Waals surface area contributed by atoms with Gasteiger partial charge in [-0.2, -0.15) is 0 Å². The van der Waals surface area contributed by atoms with Crippen LogP contribution in [0.25, 0.3) is 0 Å². The van der Waals surface area contributed by atoms with Crippen LogP contribution in [0.1, 0.15) is 58.3 Å². The van der Waals surface area contributed by atoms with E-state index < -0.39 is 11.4 Å². The third kappa shape index (κ3) is 2.13. The van der Waals surface area contributed by atoms with Crippen molar-refractivity contribution in [1.29, 1.82) is 0 Å². The number of carboxylic acids is 1. The van der Waals surface area contributed by atoms with Gasteiger partial charge in [0.15, 0.2) is 0 Å². The minimum Gasteiger partial charge on any atom is -0.480 e. The first-order chi connectivity index (χ1) is 8.55. The third-order valence-corrected chi connectivity index (χ3v) is 5.09. The van der Waals surface area contributed by atoms with Crippen LogP contribution in [-0.2, 0) is 9.59 Å². The largest absolute Gasteiger partial charge is 0.480 e. The lowest BCUT2D eigenvalue weighted by Crippen LogP contribution is -2.52. The first kappa shape index (κ1) is 13.4. The first-order valence-electron chi connectivity index (χ1n) is 7.06. The Hall–Kier alpha value is -1.06. The minimum absolute atomic E-state index is 0.221. The lowest BCUT2D eigenvalue weighted by molar-refractivity contribution is -0.162. The van der Waals surface area contributed by atoms with Gasteiger partial charge in [0, 0.05) is 6.54 Å². The number of aliphatic carboxylic acids is 1. The van der Waals surface area contributed by atoms with E-state index in [-0.39, 0.29) is 11.3 Å². The molecule has 2 N–H and O–H groups in total. The van der Waals surface area contributed by atoms with Gasteiger partial charge in [0.1, 0.15) is 5.41 Å². The molecule has 2 rings (SSSR count). The molecule has 0 aliphatic heterocycles. The van der Waals surface area contributed by atoms with Crippen molar-refractivity contribution in [2.75, 3.05) is 6.54 Å². The molecule has 0 aromatic carbocycles. The van der Waals surface area contributed by atoms with Gasteiger partial charge in [-0.1, -0.05) is 26.2 Å². The summed E-state index contributed by atoms with van der Waals surface area (Å²) in [5.41, 5.74) is -0.896. The summed E-state index contributed by atoms with van der Waals surface area (Å²) >= 11 is 0. The van der Waals surface area contributed by atoms with Crippen molar-refractivity contribution in [3.63, 3.8) is 0 Å². The Kier molecular flexibility index (Phi) is 3.64. The van der Waals surface area contributed by atoms with Gasteiger partial charge >= 0.3 is 5.97 Å². The van der Waals surface area contributed by atoms with Crippen molar-refractivity contribution in [3.8, 4) is 0 Å². The second-order valence-corrected chi connectivity index (χ2v) is 5.98. The van der Waals surface area contributed by atoms with Crippen molar-refractivity contribution < 1.29 is 14.7 Å². The van der Waals surface area contributed by atoms with E-state index in [2.05, 4.69) is 12.2 Å². The van der Waals surface area contributed by atoms with Gasteiger partial charge in [0.25, 0.3) is 0 Å². The van der Waals surface area contributed by atoms with Crippen LogP contribution in [0, 0.1) is 10.8 Å². The van der Waals surface area contributed by atoms with Crippen LogP contribution in [0.2, 0.25) is 0 Å². The van der Waals surface area contributed by atoms with Gasteiger partial charge in [-0.25, -0.2) is 0 Å². The quantitative estimate of drug-likeness (QED) is 0.739. The summed E-state index contributed by atoms with van der Waals surface area (Å²) in [7, 11) is 0. The second kappa shape index (κ2) is 4.90. The Bertz CT molecular complexity index is 341. The molecular formula is C14H23NO3. The normalized spacial score (nSPS) is 24.3. The van der Waals surface area contributed by atoms with Gasteiger partial charge in [-0.3, -0.25) is 9.59 Å². The zero-order chi connectivity index (χ0) is 13.2. The van der Waals surface area contributed by atoms with E-state index in [9.17, 15) is 14.7 Å². The fraction of sp³-hybridized carbons (Fsp3) is 0.857. The number of hydrogen-bond donors (Lipinski definition) is 2. The van der Waals surface area contributed by atoms with Gasteiger partial charge in [0.2, 0.25) is 5.91 Å². The molecule has 2 aliphatic rings. The highest BCUT2D eigenvalue weighted by atomic mass is 16.4. The summed E-state index contributed by atoms with van der Waals surface area (Å²) in [4.78, 5) is 23.3. The fourth-order valence-electron chi connectivity index (χ4n) is 3.29. The molecule has 0 aromatic rings. The van der Waals surface area contributed by atoms with Crippen molar-refractivity contribution >= 4 is 11.9 Å². The maximum Gasteiger partial charge on any atom is 0.319 e. The molecule has 18 heavy (non-hydrogen) atoms. The predicted molar refractivity (Wildman–Crippen MR) is 68.1 cm³/mol. The number of amides is 1. The monoisotopic (exact) mass is 253 g/mol. The van der Waals surface area contributed by atoms with E-state index in [1.54, 1.807) is 0 Å². The molecule has 0 bridgehead atoms. The smallest absolute Gasteiger partial charge is 0.319 e. The minimum atomic E-state index is -1.12. The molecule has 0 atom stereocenters. The lowest BCUT2D eigenvalue weighted by Gasteiger charge is -2.37. The average Bonchev–Trinajstić information content (AvgIpc) is 2.73. The zero-order valence-electron chi connectivity index (χ0n) is 11.1. The van der Waals surface area contributed by atoms with E-state index in [1.807, 2.05) is 0 Å². The van der Waals surface area contributed by atoms with E-state index in [1.165, 1.54) is 12.8 Å². The van der Waals surface area contributed by atoms with E-state index in [0.29, 0.717) is 19.4 Å². The van der Waals surface area contributed by atoms with E-state index in [0.717, 1.165) is 25.7 Å². The number of carbonyl (C=O) groups excluding carboxylic acids is 1. The van der Waals surface area contributed by atoms with Crippen LogP contribution in [0.5, 0.6) is 0 Å². The molecule has 2 fully saturated rings. The molecule has 1 amide bonds. The highest BCUT2D eigenvalue weighted by Gasteiger charge is 2.51. The van der Waals surface area contributed by atoms with Crippen molar-refractivity contribution in [2.45, 2.75) is 58.3 Å². The molecule has 4 nitrogen and oxygen atoms in total. The summed E-state index contributed by atoms with van der Waals surface area (Å²) in [6, 6.07) is 0. The maximum absolute atomic E-state index is 12.1. The Morgan fingerprint density at radius 3 is 2.11 bits per heavy atom. The topological polar surface area (TPSA) is 66.4 Å². The van der Waals surface area contributed by atoms with Crippen molar-refractivity contribution in [1.82, 2.24) is 5.32 Å². The summed E-state index contributed by atoms with van der Waals surface area (Å²) in [6.45, 7) is 2.81. The molecule has 0 radical (unpaired) electrons. The van der Waals surface area contributed by atoms with Gasteiger partial charge in [0.05, 0.1) is 0 Å². The number of nitrogens with one attached hydrogen (secondary N) is 1. The SMILES string of the molecule is CCC1(CNC(=O)C2(C(=O)O)CCC2)CCCC1. The maximum atomic E-state index is 12.1. The van der Waals surface area contributed by atoms with Gasteiger partial charge < -0.3 is 10.4 Å². The molecule has 0 aromatic heterocycles. The molecule has 2 aliphatic carbocycles. The lowest BCUT2D eigenvalue weighted by atomic mass is 9.68. The summed E-state index contributed by atoms with van der Waals surface area (Å²) < 4.78 is 0. The number of rotatable bonds is 5. The van der Waals surface area contributed by atoms with Gasteiger partial charge in [-0.15, -0.1) is 0 Å². The number of hydrogen-bond acceptors (Lipinski definition) is 2. The number of carbonyl (C=O) groups is 2. The summed E-state index contributed by atoms with van der Waals surface area (Å²) in [5, 5.41) is 12.1. The second-order valence-electron chi connectivity index (χ2n) is 5.98. The number of carboxylic acid groups (broad SMARTS) is 1. The van der Waals surface area contributed by atoms with Crippen LogP contribution in [0.3, 0.4) is 0 Å². The van der Waals surface area contributed by atoms with Crippen molar-refractivity contribution in [3.05, 3.63) is 0 Å². The molecular weight excluding hydrogens is 230 g/mol. The molecule has 102 valence electrons. The molecule has 2 saturated carbocycles. The zero-order valence-corrected chi connectivity index (χ0v) is 11.1. The van der Waals surface area contributed by atoms with Crippen LogP contribution in [-0.4, -0.2) is 23.5 Å². The third-order valence-electron chi connectivity index (χ3n) is 5.09. The van der Waals surface area contributed by atoms with Crippen molar-refractivity contribution in [2.24, 2.45) is 10.8 Å². The van der Waals surface area contributed by atoms with Crippen LogP contribution < -0.4 is 5.32 Å². The Morgan fingerprint density at radius 1 is 1.11 bits per heavy atom. The Labute approximate surface area is 108 Å². The predicted octanol–water partition coefficient (Wildman–Crippen LogP) is 2.33. The standard InChI is InChI=1S/C14H23NO3/c1-2-13(6-3-4-7-13)10-15-11(16)14(12(17)18)8-5-9-14/h2-10H2,1H3,(H,15,16)(H,17,18). The molecule has 0 saturated heterocycles. The fourth-order valence-corrected chi connectivity index (χ4v) is 3.29. The molecule has 0 heterocycles. The van der Waals surface area contributed by atoms with Crippen LogP contribution in [0.15, 0.2) is 0 Å². The molecule has 0 spiro atoms. The first-order valence-corrected chi connectivity index (χ1v) is 7.06. The van der Waals surface area contributed by atoms with Crippen LogP contribution >= 0.6 is 0 Å². The molecule has 4 heteroatoms. The highest BCUT2D eigenvalue weighted by Crippen LogP contribution is 2.43.